The van der Waals surface area contributed by atoms with E-state index in [1.54, 1.807) is 0 Å². The molecule has 2 rings (SSSR count). The first-order valence-electron chi connectivity index (χ1n) is 15.6. The van der Waals surface area contributed by atoms with Gasteiger partial charge in [-0.15, -0.1) is 0 Å². The van der Waals surface area contributed by atoms with Gasteiger partial charge in [-0.2, -0.15) is 4.89 Å². The van der Waals surface area contributed by atoms with Gasteiger partial charge in [0.2, 0.25) is 0 Å². The maximum absolute atomic E-state index is 8.88. The molecule has 0 saturated carbocycles. The van der Waals surface area contributed by atoms with Crippen LogP contribution in [0.4, 0.5) is 0 Å². The van der Waals surface area contributed by atoms with E-state index in [1.165, 1.54) is 83.5 Å². The number of fused-ring (bicyclic) bond motifs is 1. The molecule has 2 aromatic carbocycles. The van der Waals surface area contributed by atoms with Gasteiger partial charge in [0.25, 0.3) is 0 Å². The van der Waals surface area contributed by atoms with Crippen LogP contribution >= 0.6 is 7.82 Å². The fourth-order valence-electron chi connectivity index (χ4n) is 4.59. The third kappa shape index (κ3) is 22.7. The molecule has 1 unspecified atom stereocenters. The Labute approximate surface area is 247 Å². The van der Waals surface area contributed by atoms with Gasteiger partial charge in [-0.05, 0) is 24.8 Å². The normalized spacial score (nSPS) is 12.2. The highest BCUT2D eigenvalue weighted by atomic mass is 31.2. The van der Waals surface area contributed by atoms with Crippen molar-refractivity contribution in [2.45, 2.75) is 116 Å². The van der Waals surface area contributed by atoms with Crippen LogP contribution in [0.1, 0.15) is 110 Å². The van der Waals surface area contributed by atoms with Gasteiger partial charge in [0, 0.05) is 12.0 Å². The number of hydrogen-bond donors (Lipinski definition) is 3. The van der Waals surface area contributed by atoms with Crippen LogP contribution in [0.3, 0.4) is 0 Å². The molecule has 0 radical (unpaired) electrons. The van der Waals surface area contributed by atoms with Crippen LogP contribution in [0.5, 0.6) is 5.75 Å². The summed E-state index contributed by atoms with van der Waals surface area (Å²) < 4.78 is 20.1. The molecule has 9 heteroatoms. The Morgan fingerprint density at radius 1 is 0.683 bits per heavy atom. The maximum atomic E-state index is 8.88. The lowest BCUT2D eigenvalue weighted by Crippen LogP contribution is -2.23. The second kappa shape index (κ2) is 25.0. The van der Waals surface area contributed by atoms with Crippen molar-refractivity contribution in [2.24, 2.45) is 0 Å². The van der Waals surface area contributed by atoms with E-state index in [1.807, 2.05) is 31.2 Å². The summed E-state index contributed by atoms with van der Waals surface area (Å²) in [5.74, 6) is 0.758. The molecule has 236 valence electrons. The third-order valence-corrected chi connectivity index (χ3v) is 6.78. The zero-order chi connectivity index (χ0) is 30.0. The van der Waals surface area contributed by atoms with Gasteiger partial charge in [0.05, 0.1) is 19.8 Å². The van der Waals surface area contributed by atoms with Crippen molar-refractivity contribution in [3.05, 3.63) is 42.5 Å². The molecule has 41 heavy (non-hydrogen) atoms. The SMILES string of the molecule is CCCCCCCCCCCCCCCCC(COCCOCC)OOc1cccc2ccccc12.O=P(O)(O)O. The monoisotopic (exact) mass is 598 g/mol. The molecule has 0 aliphatic rings. The molecule has 2 aromatic rings. The Hall–Kier alpha value is -1.51. The van der Waals surface area contributed by atoms with E-state index in [9.17, 15) is 0 Å². The lowest BCUT2D eigenvalue weighted by atomic mass is 10.0. The van der Waals surface area contributed by atoms with Gasteiger partial charge < -0.3 is 29.0 Å². The van der Waals surface area contributed by atoms with Gasteiger partial charge in [-0.25, -0.2) is 4.57 Å². The smallest absolute Gasteiger partial charge is 0.379 e. The number of phosphoric acid groups is 1. The standard InChI is InChI=1S/C32H52O4.H3O4P/c1-3-5-6-7-8-9-10-11-12-13-14-15-16-17-23-30(28-34-27-26-33-4-2)35-36-32-25-20-22-29-21-18-19-24-31(29)32;1-5(2,3)4/h18-22,24-25,30H,3-17,23,26-28H2,1-2H3;(H3,1,2,3,4). The summed E-state index contributed by atoms with van der Waals surface area (Å²) >= 11 is 0. The topological polar surface area (TPSA) is 115 Å². The predicted molar refractivity (Wildman–Crippen MR) is 166 cm³/mol. The summed E-state index contributed by atoms with van der Waals surface area (Å²) in [4.78, 5) is 33.3. The molecule has 0 aliphatic heterocycles. The summed E-state index contributed by atoms with van der Waals surface area (Å²) in [6.45, 7) is 6.73. The lowest BCUT2D eigenvalue weighted by molar-refractivity contribution is -0.256. The van der Waals surface area contributed by atoms with Gasteiger partial charge >= 0.3 is 7.82 Å². The molecule has 0 amide bonds. The first-order valence-corrected chi connectivity index (χ1v) is 17.2. The van der Waals surface area contributed by atoms with E-state index < -0.39 is 7.82 Å². The van der Waals surface area contributed by atoms with Crippen molar-refractivity contribution in [3.63, 3.8) is 0 Å². The first kappa shape index (κ1) is 37.5. The molecule has 0 aromatic heterocycles. The van der Waals surface area contributed by atoms with Crippen LogP contribution in [-0.4, -0.2) is 47.2 Å². The van der Waals surface area contributed by atoms with E-state index >= 15 is 0 Å². The number of hydrogen-bond acceptors (Lipinski definition) is 5. The fraction of sp³-hybridized carbons (Fsp3) is 0.688. The molecule has 0 spiro atoms. The molecule has 0 aliphatic carbocycles. The minimum atomic E-state index is -4.64. The molecular formula is C32H55O8P. The van der Waals surface area contributed by atoms with Crippen molar-refractivity contribution >= 4 is 18.6 Å². The Morgan fingerprint density at radius 3 is 1.78 bits per heavy atom. The quantitative estimate of drug-likeness (QED) is 0.0477. The molecule has 0 fully saturated rings. The Morgan fingerprint density at radius 2 is 1.20 bits per heavy atom. The van der Waals surface area contributed by atoms with Crippen molar-refractivity contribution in [2.75, 3.05) is 26.4 Å². The number of unbranched alkanes of at least 4 members (excludes halogenated alkanes) is 13. The van der Waals surface area contributed by atoms with E-state index in [0.717, 1.165) is 29.4 Å². The molecule has 0 saturated heterocycles. The molecule has 3 N–H and O–H groups in total. The van der Waals surface area contributed by atoms with Crippen LogP contribution in [0.15, 0.2) is 42.5 Å². The second-order valence-electron chi connectivity index (χ2n) is 10.4. The highest BCUT2D eigenvalue weighted by Crippen LogP contribution is 2.26. The van der Waals surface area contributed by atoms with Crippen LogP contribution in [0.2, 0.25) is 0 Å². The van der Waals surface area contributed by atoms with Gasteiger partial charge in [0.1, 0.15) is 6.10 Å². The summed E-state index contributed by atoms with van der Waals surface area (Å²) in [5, 5.41) is 2.21. The van der Waals surface area contributed by atoms with E-state index in [4.69, 9.17) is 38.5 Å². The van der Waals surface area contributed by atoms with Crippen LogP contribution < -0.4 is 4.89 Å². The van der Waals surface area contributed by atoms with Crippen LogP contribution in [0.25, 0.3) is 10.8 Å². The summed E-state index contributed by atoms with van der Waals surface area (Å²) in [6, 6.07) is 14.3. The fourth-order valence-corrected chi connectivity index (χ4v) is 4.59. The first-order chi connectivity index (χ1) is 19.8. The number of ether oxygens (including phenoxy) is 2. The summed E-state index contributed by atoms with van der Waals surface area (Å²) in [6.07, 6.45) is 20.0. The molecule has 0 bridgehead atoms. The van der Waals surface area contributed by atoms with E-state index in [-0.39, 0.29) is 6.10 Å². The predicted octanol–water partition coefficient (Wildman–Crippen LogP) is 8.51. The van der Waals surface area contributed by atoms with Crippen LogP contribution in [-0.2, 0) is 18.9 Å². The van der Waals surface area contributed by atoms with Crippen molar-refractivity contribution in [1.29, 1.82) is 0 Å². The lowest BCUT2D eigenvalue weighted by Gasteiger charge is -2.18. The average Bonchev–Trinajstić information content (AvgIpc) is 2.94. The zero-order valence-corrected chi connectivity index (χ0v) is 26.3. The highest BCUT2D eigenvalue weighted by molar-refractivity contribution is 7.45. The van der Waals surface area contributed by atoms with Gasteiger partial charge in [0.15, 0.2) is 5.75 Å². The molecule has 0 heterocycles. The Kier molecular flexibility index (Phi) is 22.9. The summed E-state index contributed by atoms with van der Waals surface area (Å²) in [5.41, 5.74) is 0. The molecule has 1 atom stereocenters. The Bertz CT molecular complexity index is 906. The van der Waals surface area contributed by atoms with Crippen molar-refractivity contribution in [1.82, 2.24) is 0 Å². The van der Waals surface area contributed by atoms with Crippen LogP contribution in [0, 0.1) is 0 Å². The Balaban J connectivity index is 0.00000154. The second-order valence-corrected chi connectivity index (χ2v) is 11.5. The molecular weight excluding hydrogens is 543 g/mol. The number of rotatable bonds is 24. The minimum Gasteiger partial charge on any atom is -0.379 e. The van der Waals surface area contributed by atoms with Gasteiger partial charge in [-0.1, -0.05) is 133 Å². The maximum Gasteiger partial charge on any atom is 0.466 e. The van der Waals surface area contributed by atoms with Crippen molar-refractivity contribution in [3.8, 4) is 5.75 Å². The largest absolute Gasteiger partial charge is 0.466 e. The third-order valence-electron chi connectivity index (χ3n) is 6.78. The minimum absolute atomic E-state index is 0.0806. The number of benzene rings is 2. The highest BCUT2D eigenvalue weighted by Gasteiger charge is 2.13. The van der Waals surface area contributed by atoms with Crippen molar-refractivity contribution < 1.29 is 38.5 Å². The molecule has 8 nitrogen and oxygen atoms in total. The average molecular weight is 599 g/mol. The van der Waals surface area contributed by atoms with E-state index in [0.29, 0.717) is 26.4 Å². The van der Waals surface area contributed by atoms with E-state index in [2.05, 4.69) is 25.1 Å². The zero-order valence-electron chi connectivity index (χ0n) is 25.4. The summed E-state index contributed by atoms with van der Waals surface area (Å²) in [7, 11) is -4.64. The van der Waals surface area contributed by atoms with Gasteiger partial charge in [-0.3, -0.25) is 0 Å².